The number of carbonyl (C=O) groups is 1. The van der Waals surface area contributed by atoms with E-state index in [-0.39, 0.29) is 36.3 Å². The summed E-state index contributed by atoms with van der Waals surface area (Å²) >= 11 is 0. The van der Waals surface area contributed by atoms with Gasteiger partial charge in [-0.05, 0) is 70.2 Å². The van der Waals surface area contributed by atoms with E-state index in [1.54, 1.807) is 25.7 Å². The highest BCUT2D eigenvalue weighted by molar-refractivity contribution is 5.69. The summed E-state index contributed by atoms with van der Waals surface area (Å²) in [6.07, 6.45) is -7.82. The SMILES string of the molecule is CCC1CC(NCc2cc(C(F)(F)F)cc(C(F)(F)F)c2)CC(CC)N1C(=O)OC(C)(C)C. The monoisotopic (exact) mass is 482 g/mol. The molecule has 1 aliphatic heterocycles. The second kappa shape index (κ2) is 10.1. The number of likely N-dealkylation sites (tertiary alicyclic amines) is 1. The van der Waals surface area contributed by atoms with Gasteiger partial charge in [-0.3, -0.25) is 0 Å². The van der Waals surface area contributed by atoms with Gasteiger partial charge in [0, 0.05) is 24.7 Å². The number of carbonyl (C=O) groups excluding carboxylic acids is 1. The van der Waals surface area contributed by atoms with Crippen LogP contribution in [0.25, 0.3) is 0 Å². The Labute approximate surface area is 190 Å². The molecular formula is C23H32F6N2O2. The highest BCUT2D eigenvalue weighted by Gasteiger charge is 2.39. The average molecular weight is 483 g/mol. The molecular weight excluding hydrogens is 450 g/mol. The molecule has 0 bridgehead atoms. The van der Waals surface area contributed by atoms with Gasteiger partial charge in [0.1, 0.15) is 5.60 Å². The smallest absolute Gasteiger partial charge is 0.416 e. The second-order valence-electron chi connectivity index (χ2n) is 9.48. The van der Waals surface area contributed by atoms with Crippen molar-refractivity contribution in [2.45, 2.75) is 103 Å². The van der Waals surface area contributed by atoms with Gasteiger partial charge in [-0.15, -0.1) is 0 Å². The quantitative estimate of drug-likeness (QED) is 0.471. The van der Waals surface area contributed by atoms with E-state index in [1.807, 2.05) is 13.8 Å². The fourth-order valence-electron chi connectivity index (χ4n) is 4.17. The Hall–Kier alpha value is -1.97. The number of nitrogens with one attached hydrogen (secondary N) is 1. The van der Waals surface area contributed by atoms with Crippen molar-refractivity contribution in [1.82, 2.24) is 10.2 Å². The van der Waals surface area contributed by atoms with Gasteiger partial charge >= 0.3 is 18.4 Å². The van der Waals surface area contributed by atoms with E-state index in [4.69, 9.17) is 4.74 Å². The standard InChI is InChI=1S/C23H32F6N2O2/c1-6-18-11-17(12-19(7-2)31(18)20(32)33-21(3,4)5)30-13-14-8-15(22(24,25)26)10-16(9-14)23(27,28)29/h8-10,17-19,30H,6-7,11-13H2,1-5H3. The number of hydrogen-bond acceptors (Lipinski definition) is 3. The third-order valence-electron chi connectivity index (χ3n) is 5.69. The predicted octanol–water partition coefficient (Wildman–Crippen LogP) is 6.77. The van der Waals surface area contributed by atoms with Crippen LogP contribution < -0.4 is 5.32 Å². The van der Waals surface area contributed by atoms with Crippen LogP contribution in [0.4, 0.5) is 31.1 Å². The molecule has 0 radical (unpaired) electrons. The van der Waals surface area contributed by atoms with Gasteiger partial charge in [0.15, 0.2) is 0 Å². The summed E-state index contributed by atoms with van der Waals surface area (Å²) < 4.78 is 84.3. The summed E-state index contributed by atoms with van der Waals surface area (Å²) in [6, 6.07) is 1.15. The zero-order valence-electron chi connectivity index (χ0n) is 19.5. The molecule has 1 heterocycles. The largest absolute Gasteiger partial charge is 0.444 e. The van der Waals surface area contributed by atoms with E-state index in [9.17, 15) is 31.1 Å². The number of nitrogens with zero attached hydrogens (tertiary/aromatic N) is 1. The maximum absolute atomic E-state index is 13.1. The third kappa shape index (κ3) is 7.52. The lowest BCUT2D eigenvalue weighted by Crippen LogP contribution is -2.56. The zero-order valence-corrected chi connectivity index (χ0v) is 19.5. The fourth-order valence-corrected chi connectivity index (χ4v) is 4.17. The third-order valence-corrected chi connectivity index (χ3v) is 5.69. The normalized spacial score (nSPS) is 22.4. The Kier molecular flexibility index (Phi) is 8.36. The Morgan fingerprint density at radius 3 is 1.76 bits per heavy atom. The number of amides is 1. The van der Waals surface area contributed by atoms with E-state index in [0.717, 1.165) is 12.1 Å². The fraction of sp³-hybridized carbons (Fsp3) is 0.696. The summed E-state index contributed by atoms with van der Waals surface area (Å²) in [5.41, 5.74) is -3.39. The van der Waals surface area contributed by atoms with Crippen LogP contribution in [0.2, 0.25) is 0 Å². The minimum absolute atomic E-state index is 0.0900. The lowest BCUT2D eigenvalue weighted by molar-refractivity contribution is -0.143. The van der Waals surface area contributed by atoms with Gasteiger partial charge < -0.3 is 15.0 Å². The van der Waals surface area contributed by atoms with Crippen LogP contribution in [-0.4, -0.2) is 34.7 Å². The number of halogens is 6. The first-order valence-corrected chi connectivity index (χ1v) is 11.1. The number of ether oxygens (including phenoxy) is 1. The van der Waals surface area contributed by atoms with E-state index in [0.29, 0.717) is 25.7 Å². The summed E-state index contributed by atoms with van der Waals surface area (Å²) in [5.74, 6) is 0. The molecule has 1 aromatic carbocycles. The van der Waals surface area contributed by atoms with E-state index in [2.05, 4.69) is 5.32 Å². The summed E-state index contributed by atoms with van der Waals surface area (Å²) in [7, 11) is 0. The van der Waals surface area contributed by atoms with Gasteiger partial charge in [-0.25, -0.2) is 4.79 Å². The van der Waals surface area contributed by atoms with Crippen LogP contribution in [0.15, 0.2) is 18.2 Å². The molecule has 188 valence electrons. The van der Waals surface area contributed by atoms with Gasteiger partial charge in [0.25, 0.3) is 0 Å². The van der Waals surface area contributed by atoms with Crippen molar-refractivity contribution < 1.29 is 35.9 Å². The summed E-state index contributed by atoms with van der Waals surface area (Å²) in [5, 5.41) is 3.12. The molecule has 0 spiro atoms. The molecule has 0 aliphatic carbocycles. The van der Waals surface area contributed by atoms with Crippen LogP contribution in [0.5, 0.6) is 0 Å². The van der Waals surface area contributed by atoms with Crippen LogP contribution >= 0.6 is 0 Å². The van der Waals surface area contributed by atoms with Gasteiger partial charge in [0.05, 0.1) is 11.1 Å². The van der Waals surface area contributed by atoms with Crippen LogP contribution in [0.3, 0.4) is 0 Å². The van der Waals surface area contributed by atoms with Crippen molar-refractivity contribution in [2.75, 3.05) is 0 Å². The minimum Gasteiger partial charge on any atom is -0.444 e. The van der Waals surface area contributed by atoms with Crippen molar-refractivity contribution in [3.8, 4) is 0 Å². The van der Waals surface area contributed by atoms with Crippen molar-refractivity contribution in [3.05, 3.63) is 34.9 Å². The Morgan fingerprint density at radius 1 is 0.939 bits per heavy atom. The van der Waals surface area contributed by atoms with Crippen LogP contribution in [-0.2, 0) is 23.6 Å². The van der Waals surface area contributed by atoms with Crippen LogP contribution in [0, 0.1) is 0 Å². The molecule has 1 saturated heterocycles. The molecule has 2 atom stereocenters. The number of rotatable bonds is 5. The lowest BCUT2D eigenvalue weighted by atomic mass is 9.88. The highest BCUT2D eigenvalue weighted by Crippen LogP contribution is 2.36. The number of benzene rings is 1. The number of piperidine rings is 1. The molecule has 4 nitrogen and oxygen atoms in total. The molecule has 1 fully saturated rings. The average Bonchev–Trinajstić information content (AvgIpc) is 2.68. The maximum atomic E-state index is 13.1. The molecule has 1 aromatic rings. The number of hydrogen-bond donors (Lipinski definition) is 1. The summed E-state index contributed by atoms with van der Waals surface area (Å²) in [4.78, 5) is 14.5. The van der Waals surface area contributed by atoms with E-state index >= 15 is 0 Å². The molecule has 0 saturated carbocycles. The first kappa shape index (κ1) is 27.3. The Morgan fingerprint density at radius 2 is 1.39 bits per heavy atom. The summed E-state index contributed by atoms with van der Waals surface area (Å²) in [6.45, 7) is 9.07. The van der Waals surface area contributed by atoms with Crippen molar-refractivity contribution in [2.24, 2.45) is 0 Å². The lowest BCUT2D eigenvalue weighted by Gasteiger charge is -2.45. The predicted molar refractivity (Wildman–Crippen MR) is 113 cm³/mol. The van der Waals surface area contributed by atoms with Gasteiger partial charge in [-0.2, -0.15) is 26.3 Å². The van der Waals surface area contributed by atoms with Crippen LogP contribution in [0.1, 0.15) is 77.0 Å². The minimum atomic E-state index is -4.88. The van der Waals surface area contributed by atoms with E-state index in [1.165, 1.54) is 0 Å². The maximum Gasteiger partial charge on any atom is 0.416 e. The highest BCUT2D eigenvalue weighted by atomic mass is 19.4. The van der Waals surface area contributed by atoms with Gasteiger partial charge in [-0.1, -0.05) is 13.8 Å². The molecule has 2 unspecified atom stereocenters. The molecule has 1 N–H and O–H groups in total. The molecule has 2 rings (SSSR count). The molecule has 1 aliphatic rings. The topological polar surface area (TPSA) is 41.6 Å². The van der Waals surface area contributed by atoms with Crippen molar-refractivity contribution >= 4 is 6.09 Å². The first-order valence-electron chi connectivity index (χ1n) is 11.1. The van der Waals surface area contributed by atoms with E-state index < -0.39 is 35.2 Å². The van der Waals surface area contributed by atoms with Crippen molar-refractivity contribution in [3.63, 3.8) is 0 Å². The zero-order chi connectivity index (χ0) is 25.2. The molecule has 33 heavy (non-hydrogen) atoms. The molecule has 0 aromatic heterocycles. The second-order valence-corrected chi connectivity index (χ2v) is 9.48. The Balaban J connectivity index is 2.19. The molecule has 10 heteroatoms. The van der Waals surface area contributed by atoms with Crippen molar-refractivity contribution in [1.29, 1.82) is 0 Å². The molecule has 1 amide bonds. The van der Waals surface area contributed by atoms with Gasteiger partial charge in [0.2, 0.25) is 0 Å². The number of alkyl halides is 6. The Bertz CT molecular complexity index is 770. The first-order chi connectivity index (χ1) is 15.0.